The molecule has 200 valence electrons. The molecule has 0 amide bonds. The second-order valence-electron chi connectivity index (χ2n) is 7.28. The Bertz CT molecular complexity index is 925. The molecule has 2 aromatic rings. The third kappa shape index (κ3) is 12.7. The van der Waals surface area contributed by atoms with Gasteiger partial charge >= 0.3 is 11.9 Å². The summed E-state index contributed by atoms with van der Waals surface area (Å²) >= 11 is 0. The van der Waals surface area contributed by atoms with Crippen molar-refractivity contribution in [1.29, 1.82) is 0 Å². The Kier molecular flexibility index (Phi) is 13.4. The van der Waals surface area contributed by atoms with Gasteiger partial charge < -0.3 is 28.4 Å². The van der Waals surface area contributed by atoms with E-state index in [2.05, 4.69) is 0 Å². The largest absolute Gasteiger partial charge is 0.491 e. The molecule has 0 aliphatic carbocycles. The summed E-state index contributed by atoms with van der Waals surface area (Å²) in [5, 5.41) is 0. The van der Waals surface area contributed by atoms with Crippen LogP contribution in [0.4, 0.5) is 8.78 Å². The standard InChI is InChI=1S/C27H30F2O8/c1-3-32-26(30)15-13-24(17-34-22-9-5-20(28)6-10-22)36-19-37-25(14-16-27(31)33-4-2)18-35-23-11-7-21(29)8-12-23/h5-16,24-25H,3-4,17-19H2,1-2H3/t24-,25?/m1/s1. The van der Waals surface area contributed by atoms with Gasteiger partial charge in [0.15, 0.2) is 0 Å². The number of esters is 2. The van der Waals surface area contributed by atoms with Gasteiger partial charge in [0.05, 0.1) is 13.2 Å². The first-order valence-electron chi connectivity index (χ1n) is 11.6. The number of hydrogen-bond donors (Lipinski definition) is 0. The van der Waals surface area contributed by atoms with Crippen molar-refractivity contribution in [3.05, 3.63) is 84.5 Å². The molecule has 0 spiro atoms. The fraction of sp³-hybridized carbons (Fsp3) is 0.333. The van der Waals surface area contributed by atoms with Crippen LogP contribution >= 0.6 is 0 Å². The number of halogens is 2. The molecule has 0 aliphatic heterocycles. The highest BCUT2D eigenvalue weighted by Gasteiger charge is 2.13. The topological polar surface area (TPSA) is 89.5 Å². The molecule has 0 radical (unpaired) electrons. The van der Waals surface area contributed by atoms with Crippen LogP contribution in [-0.2, 0) is 28.5 Å². The first kappa shape index (κ1) is 29.5. The Hall–Kier alpha value is -3.76. The molecule has 0 saturated carbocycles. The van der Waals surface area contributed by atoms with Crippen LogP contribution in [0.1, 0.15) is 13.8 Å². The van der Waals surface area contributed by atoms with Gasteiger partial charge in [-0.3, -0.25) is 0 Å². The molecule has 8 nitrogen and oxygen atoms in total. The average molecular weight is 521 g/mol. The molecule has 2 rings (SSSR count). The fourth-order valence-electron chi connectivity index (χ4n) is 2.70. The number of rotatable bonds is 16. The van der Waals surface area contributed by atoms with Crippen LogP contribution in [0.5, 0.6) is 11.5 Å². The minimum absolute atomic E-state index is 0.0136. The Morgan fingerprint density at radius 1 is 0.703 bits per heavy atom. The molecule has 0 fully saturated rings. The van der Waals surface area contributed by atoms with E-state index in [-0.39, 0.29) is 33.2 Å². The third-order valence-electron chi connectivity index (χ3n) is 4.49. The van der Waals surface area contributed by atoms with Crippen LogP contribution in [0, 0.1) is 11.6 Å². The maximum Gasteiger partial charge on any atom is 0.330 e. The van der Waals surface area contributed by atoms with Crippen LogP contribution < -0.4 is 9.47 Å². The molecule has 2 atom stereocenters. The minimum Gasteiger partial charge on any atom is -0.491 e. The molecule has 0 heterocycles. The van der Waals surface area contributed by atoms with Crippen LogP contribution in [0.15, 0.2) is 72.8 Å². The van der Waals surface area contributed by atoms with Crippen molar-refractivity contribution in [2.24, 2.45) is 0 Å². The lowest BCUT2D eigenvalue weighted by molar-refractivity contribution is -0.138. The highest BCUT2D eigenvalue weighted by Crippen LogP contribution is 2.14. The Balaban J connectivity index is 1.99. The van der Waals surface area contributed by atoms with Crippen molar-refractivity contribution < 1.29 is 46.8 Å². The van der Waals surface area contributed by atoms with E-state index in [9.17, 15) is 18.4 Å². The predicted octanol–water partition coefficient (Wildman–Crippen LogP) is 4.39. The van der Waals surface area contributed by atoms with Crippen molar-refractivity contribution in [3.8, 4) is 11.5 Å². The monoisotopic (exact) mass is 520 g/mol. The molecule has 10 heteroatoms. The summed E-state index contributed by atoms with van der Waals surface area (Å²) in [4.78, 5) is 23.4. The molecule has 37 heavy (non-hydrogen) atoms. The van der Waals surface area contributed by atoms with Gasteiger partial charge in [-0.05, 0) is 74.5 Å². The first-order chi connectivity index (χ1) is 17.9. The summed E-state index contributed by atoms with van der Waals surface area (Å²) < 4.78 is 58.6. The van der Waals surface area contributed by atoms with E-state index >= 15 is 0 Å². The molecule has 0 bridgehead atoms. The van der Waals surface area contributed by atoms with E-state index in [0.717, 1.165) is 0 Å². The molecule has 0 N–H and O–H groups in total. The van der Waals surface area contributed by atoms with Gasteiger partial charge in [0.1, 0.15) is 55.3 Å². The van der Waals surface area contributed by atoms with Gasteiger partial charge in [-0.1, -0.05) is 0 Å². The predicted molar refractivity (Wildman–Crippen MR) is 130 cm³/mol. The first-order valence-corrected chi connectivity index (χ1v) is 11.6. The minimum atomic E-state index is -0.734. The van der Waals surface area contributed by atoms with Gasteiger partial charge in [0.25, 0.3) is 0 Å². The van der Waals surface area contributed by atoms with Crippen molar-refractivity contribution in [1.82, 2.24) is 0 Å². The lowest BCUT2D eigenvalue weighted by atomic mass is 10.3. The SMILES string of the molecule is CCOC(=O)C=CC(COc1ccc(F)cc1)OCO[C@H](C=CC(=O)OCC)COc1ccc(F)cc1. The van der Waals surface area contributed by atoms with Crippen LogP contribution in [0.25, 0.3) is 0 Å². The normalized spacial score (nSPS) is 12.9. The summed E-state index contributed by atoms with van der Waals surface area (Å²) in [6, 6.07) is 10.9. The number of hydrogen-bond acceptors (Lipinski definition) is 8. The summed E-state index contributed by atoms with van der Waals surface area (Å²) in [6.07, 6.45) is 3.84. The Morgan fingerprint density at radius 3 is 1.43 bits per heavy atom. The van der Waals surface area contributed by atoms with Gasteiger partial charge in [0, 0.05) is 12.2 Å². The molecular formula is C27H30F2O8. The van der Waals surface area contributed by atoms with Gasteiger partial charge in [-0.15, -0.1) is 0 Å². The van der Waals surface area contributed by atoms with Crippen LogP contribution in [0.2, 0.25) is 0 Å². The zero-order chi connectivity index (χ0) is 26.9. The van der Waals surface area contributed by atoms with Crippen molar-refractivity contribution in [2.75, 3.05) is 33.2 Å². The van der Waals surface area contributed by atoms with Gasteiger partial charge in [0.2, 0.25) is 0 Å². The molecule has 0 aromatic heterocycles. The average Bonchev–Trinajstić information content (AvgIpc) is 2.88. The zero-order valence-corrected chi connectivity index (χ0v) is 20.6. The smallest absolute Gasteiger partial charge is 0.330 e. The summed E-state index contributed by atoms with van der Waals surface area (Å²) in [6.45, 7) is 3.50. The van der Waals surface area contributed by atoms with Crippen molar-refractivity contribution in [3.63, 3.8) is 0 Å². The molecule has 2 aromatic carbocycles. The zero-order valence-electron chi connectivity index (χ0n) is 20.6. The number of carbonyl (C=O) groups is 2. The number of carbonyl (C=O) groups excluding carboxylic acids is 2. The lowest BCUT2D eigenvalue weighted by Crippen LogP contribution is -2.26. The lowest BCUT2D eigenvalue weighted by Gasteiger charge is -2.19. The van der Waals surface area contributed by atoms with Gasteiger partial charge in [-0.2, -0.15) is 0 Å². The molecule has 0 aliphatic rings. The van der Waals surface area contributed by atoms with Crippen LogP contribution in [-0.4, -0.2) is 57.4 Å². The number of benzene rings is 2. The summed E-state index contributed by atoms with van der Waals surface area (Å²) in [5.74, 6) is -1.10. The third-order valence-corrected chi connectivity index (χ3v) is 4.49. The fourth-order valence-corrected chi connectivity index (χ4v) is 2.70. The van der Waals surface area contributed by atoms with Gasteiger partial charge in [-0.25, -0.2) is 18.4 Å². The second kappa shape index (κ2) is 16.8. The maximum absolute atomic E-state index is 13.1. The highest BCUT2D eigenvalue weighted by atomic mass is 19.1. The van der Waals surface area contributed by atoms with E-state index in [0.29, 0.717) is 11.5 Å². The van der Waals surface area contributed by atoms with Crippen molar-refractivity contribution >= 4 is 11.9 Å². The molecule has 0 saturated heterocycles. The van der Waals surface area contributed by atoms with E-state index in [1.54, 1.807) is 13.8 Å². The Morgan fingerprint density at radius 2 is 1.08 bits per heavy atom. The van der Waals surface area contributed by atoms with E-state index < -0.39 is 35.8 Å². The van der Waals surface area contributed by atoms with E-state index in [4.69, 9.17) is 28.4 Å². The number of ether oxygens (including phenoxy) is 6. The molecular weight excluding hydrogens is 490 g/mol. The summed E-state index contributed by atoms with van der Waals surface area (Å²) in [7, 11) is 0. The van der Waals surface area contributed by atoms with E-state index in [1.165, 1.54) is 72.8 Å². The quantitative estimate of drug-likeness (QED) is 0.183. The Labute approximate surface area is 214 Å². The summed E-state index contributed by atoms with van der Waals surface area (Å²) in [5.41, 5.74) is 0. The second-order valence-corrected chi connectivity index (χ2v) is 7.28. The highest BCUT2D eigenvalue weighted by molar-refractivity contribution is 5.82. The van der Waals surface area contributed by atoms with E-state index in [1.807, 2.05) is 0 Å². The van der Waals surface area contributed by atoms with Crippen molar-refractivity contribution in [2.45, 2.75) is 26.1 Å². The van der Waals surface area contributed by atoms with Crippen LogP contribution in [0.3, 0.4) is 0 Å². The molecule has 1 unspecified atom stereocenters. The maximum atomic E-state index is 13.1.